The number of carbonyl (C=O) groups excluding carboxylic acids is 1. The van der Waals surface area contributed by atoms with Gasteiger partial charge in [-0.3, -0.25) is 4.79 Å². The van der Waals surface area contributed by atoms with Crippen LogP contribution in [0.15, 0.2) is 6.07 Å². The smallest absolute Gasteiger partial charge is 0.270 e. The van der Waals surface area contributed by atoms with Crippen LogP contribution in [0.5, 0.6) is 0 Å². The average molecular weight is 278 g/mol. The van der Waals surface area contributed by atoms with Gasteiger partial charge in [0.1, 0.15) is 5.69 Å². The first kappa shape index (κ1) is 14.7. The zero-order valence-electron chi connectivity index (χ0n) is 12.1. The van der Waals surface area contributed by atoms with Gasteiger partial charge in [0, 0.05) is 25.4 Å². The second-order valence-electron chi connectivity index (χ2n) is 5.09. The van der Waals surface area contributed by atoms with Gasteiger partial charge in [0.15, 0.2) is 0 Å². The molecule has 1 saturated carbocycles. The molecule has 1 amide bonds. The van der Waals surface area contributed by atoms with Gasteiger partial charge in [-0.2, -0.15) is 0 Å². The molecule has 6 nitrogen and oxygen atoms in total. The minimum absolute atomic E-state index is 0.114. The molecule has 0 atom stereocenters. The number of nitrogens with one attached hydrogen (secondary N) is 2. The van der Waals surface area contributed by atoms with Gasteiger partial charge in [0.25, 0.3) is 5.91 Å². The Bertz CT molecular complexity index is 458. The van der Waals surface area contributed by atoms with Crippen LogP contribution in [0.3, 0.4) is 0 Å². The molecule has 1 heterocycles. The Balaban J connectivity index is 2.00. The van der Waals surface area contributed by atoms with Crippen LogP contribution in [0, 0.1) is 6.92 Å². The van der Waals surface area contributed by atoms with Gasteiger partial charge in [-0.15, -0.1) is 0 Å². The fraction of sp³-hybridized carbons (Fsp3) is 0.643. The number of aromatic nitrogens is 2. The third-order valence-electron chi connectivity index (χ3n) is 3.37. The number of methoxy groups -OCH3 is 1. The Morgan fingerprint density at radius 3 is 2.85 bits per heavy atom. The molecule has 110 valence electrons. The van der Waals surface area contributed by atoms with Gasteiger partial charge in [0.05, 0.1) is 6.61 Å². The molecule has 2 N–H and O–H groups in total. The maximum absolute atomic E-state index is 12.2. The molecule has 2 rings (SSSR count). The highest BCUT2D eigenvalue weighted by atomic mass is 16.5. The van der Waals surface area contributed by atoms with E-state index in [0.717, 1.165) is 18.5 Å². The SMILES string of the molecule is COCCNc1nc(C)cc(C(=O)NC2CCCC2)n1. The second kappa shape index (κ2) is 7.19. The molecule has 0 unspecified atom stereocenters. The third-order valence-corrected chi connectivity index (χ3v) is 3.37. The van der Waals surface area contributed by atoms with E-state index < -0.39 is 0 Å². The molecule has 1 aliphatic carbocycles. The first-order valence-corrected chi connectivity index (χ1v) is 7.08. The number of ether oxygens (including phenoxy) is 1. The van der Waals surface area contributed by atoms with Crippen LogP contribution in [0.25, 0.3) is 0 Å². The molecule has 1 aromatic rings. The van der Waals surface area contributed by atoms with Crippen molar-refractivity contribution in [3.8, 4) is 0 Å². The van der Waals surface area contributed by atoms with Crippen molar-refractivity contribution in [1.82, 2.24) is 15.3 Å². The number of hydrogen-bond acceptors (Lipinski definition) is 5. The monoisotopic (exact) mass is 278 g/mol. The Morgan fingerprint density at radius 2 is 2.15 bits per heavy atom. The number of amides is 1. The molecule has 0 spiro atoms. The van der Waals surface area contributed by atoms with Crippen molar-refractivity contribution in [3.05, 3.63) is 17.5 Å². The van der Waals surface area contributed by atoms with Crippen molar-refractivity contribution >= 4 is 11.9 Å². The lowest BCUT2D eigenvalue weighted by Crippen LogP contribution is -2.33. The van der Waals surface area contributed by atoms with Crippen LogP contribution >= 0.6 is 0 Å². The van der Waals surface area contributed by atoms with Crippen molar-refractivity contribution in [2.75, 3.05) is 25.6 Å². The summed E-state index contributed by atoms with van der Waals surface area (Å²) in [6.45, 7) is 3.04. The van der Waals surface area contributed by atoms with Crippen molar-refractivity contribution in [1.29, 1.82) is 0 Å². The number of carbonyl (C=O) groups is 1. The lowest BCUT2D eigenvalue weighted by molar-refractivity contribution is 0.0932. The zero-order chi connectivity index (χ0) is 14.4. The molecule has 1 aliphatic rings. The van der Waals surface area contributed by atoms with Gasteiger partial charge < -0.3 is 15.4 Å². The summed E-state index contributed by atoms with van der Waals surface area (Å²) in [7, 11) is 1.64. The Kier molecular flexibility index (Phi) is 5.29. The van der Waals surface area contributed by atoms with Crippen molar-refractivity contribution < 1.29 is 9.53 Å². The second-order valence-corrected chi connectivity index (χ2v) is 5.09. The highest BCUT2D eigenvalue weighted by Crippen LogP contribution is 2.18. The molecular weight excluding hydrogens is 256 g/mol. The molecular formula is C14H22N4O2. The van der Waals surface area contributed by atoms with E-state index >= 15 is 0 Å². The fourth-order valence-electron chi connectivity index (χ4n) is 2.36. The van der Waals surface area contributed by atoms with Gasteiger partial charge in [-0.1, -0.05) is 12.8 Å². The largest absolute Gasteiger partial charge is 0.383 e. The molecule has 6 heteroatoms. The quantitative estimate of drug-likeness (QED) is 0.772. The van der Waals surface area contributed by atoms with Crippen LogP contribution in [-0.2, 0) is 4.74 Å². The molecule has 0 saturated heterocycles. The lowest BCUT2D eigenvalue weighted by Gasteiger charge is -2.12. The van der Waals surface area contributed by atoms with E-state index in [1.165, 1.54) is 12.8 Å². The number of aryl methyl sites for hydroxylation is 1. The third kappa shape index (κ3) is 4.16. The molecule has 1 fully saturated rings. The number of hydrogen-bond donors (Lipinski definition) is 2. The predicted molar refractivity (Wildman–Crippen MR) is 76.9 cm³/mol. The molecule has 0 radical (unpaired) electrons. The topological polar surface area (TPSA) is 76.1 Å². The van der Waals surface area contributed by atoms with Gasteiger partial charge in [0.2, 0.25) is 5.95 Å². The number of anilines is 1. The van der Waals surface area contributed by atoms with Crippen LogP contribution in [-0.4, -0.2) is 42.2 Å². The van der Waals surface area contributed by atoms with Gasteiger partial charge >= 0.3 is 0 Å². The summed E-state index contributed by atoms with van der Waals surface area (Å²) in [5.41, 5.74) is 1.20. The summed E-state index contributed by atoms with van der Waals surface area (Å²) in [6.07, 6.45) is 4.51. The van der Waals surface area contributed by atoms with E-state index in [4.69, 9.17) is 4.74 Å². The normalized spacial score (nSPS) is 15.3. The molecule has 0 aromatic carbocycles. The summed E-state index contributed by atoms with van der Waals surface area (Å²) in [6, 6.07) is 2.01. The Hall–Kier alpha value is -1.69. The molecule has 0 bridgehead atoms. The van der Waals surface area contributed by atoms with Crippen LogP contribution in [0.4, 0.5) is 5.95 Å². The fourth-order valence-corrected chi connectivity index (χ4v) is 2.36. The van der Waals surface area contributed by atoms with Crippen LogP contribution in [0.2, 0.25) is 0 Å². The molecule has 1 aromatic heterocycles. The van der Waals surface area contributed by atoms with E-state index in [-0.39, 0.29) is 5.91 Å². The van der Waals surface area contributed by atoms with Crippen molar-refractivity contribution in [2.24, 2.45) is 0 Å². The highest BCUT2D eigenvalue weighted by Gasteiger charge is 2.19. The average Bonchev–Trinajstić information content (AvgIpc) is 2.91. The highest BCUT2D eigenvalue weighted by molar-refractivity contribution is 5.92. The maximum atomic E-state index is 12.2. The minimum Gasteiger partial charge on any atom is -0.383 e. The minimum atomic E-state index is -0.114. The van der Waals surface area contributed by atoms with E-state index in [2.05, 4.69) is 20.6 Å². The summed E-state index contributed by atoms with van der Waals surface area (Å²) in [5, 5.41) is 6.08. The van der Waals surface area contributed by atoms with E-state index in [1.54, 1.807) is 13.2 Å². The summed E-state index contributed by atoms with van der Waals surface area (Å²) < 4.78 is 4.96. The Morgan fingerprint density at radius 1 is 1.40 bits per heavy atom. The maximum Gasteiger partial charge on any atom is 0.270 e. The first-order chi connectivity index (χ1) is 9.69. The Labute approximate surface area is 119 Å². The van der Waals surface area contributed by atoms with Gasteiger partial charge in [-0.25, -0.2) is 9.97 Å². The lowest BCUT2D eigenvalue weighted by atomic mass is 10.2. The standard InChI is InChI=1S/C14H22N4O2/c1-10-9-12(13(19)17-11-5-3-4-6-11)18-14(16-10)15-7-8-20-2/h9,11H,3-8H2,1-2H3,(H,17,19)(H,15,16,18). The summed E-state index contributed by atoms with van der Waals surface area (Å²) in [4.78, 5) is 20.7. The number of rotatable bonds is 6. The zero-order valence-corrected chi connectivity index (χ0v) is 12.1. The number of nitrogens with zero attached hydrogens (tertiary/aromatic N) is 2. The van der Waals surface area contributed by atoms with Gasteiger partial charge in [-0.05, 0) is 25.8 Å². The molecule has 20 heavy (non-hydrogen) atoms. The van der Waals surface area contributed by atoms with E-state index in [9.17, 15) is 4.79 Å². The van der Waals surface area contributed by atoms with E-state index in [1.807, 2.05) is 6.92 Å². The first-order valence-electron chi connectivity index (χ1n) is 7.08. The van der Waals surface area contributed by atoms with E-state index in [0.29, 0.717) is 30.8 Å². The van der Waals surface area contributed by atoms with Crippen LogP contribution < -0.4 is 10.6 Å². The van der Waals surface area contributed by atoms with Crippen molar-refractivity contribution in [3.63, 3.8) is 0 Å². The molecule has 0 aliphatic heterocycles. The summed E-state index contributed by atoms with van der Waals surface area (Å²) >= 11 is 0. The summed E-state index contributed by atoms with van der Waals surface area (Å²) in [5.74, 6) is 0.357. The van der Waals surface area contributed by atoms with Crippen molar-refractivity contribution in [2.45, 2.75) is 38.6 Å². The van der Waals surface area contributed by atoms with Crippen LogP contribution in [0.1, 0.15) is 41.9 Å². The predicted octanol–water partition coefficient (Wildman–Crippen LogP) is 1.52.